The summed E-state index contributed by atoms with van der Waals surface area (Å²) in [5.74, 6) is 0.607. The minimum Gasteiger partial charge on any atom is -0.384 e. The number of benzene rings is 1. The molecular weight excluding hydrogens is 320 g/mol. The van der Waals surface area contributed by atoms with Gasteiger partial charge in [0.15, 0.2) is 0 Å². The highest BCUT2D eigenvalue weighted by Crippen LogP contribution is 2.27. The molecular formula is C22H28N4. The molecule has 5 N–H and O–H groups in total. The van der Waals surface area contributed by atoms with Gasteiger partial charge in [-0.3, -0.25) is 5.41 Å². The Labute approximate surface area is 155 Å². The maximum absolute atomic E-state index is 8.44. The molecule has 1 heterocycles. The van der Waals surface area contributed by atoms with Crippen LogP contribution in [0.4, 0.5) is 0 Å². The molecule has 1 aromatic carbocycles. The summed E-state index contributed by atoms with van der Waals surface area (Å²) in [6.07, 6.45) is 10.2. The molecule has 0 unspecified atom stereocenters. The second-order valence-electron chi connectivity index (χ2n) is 7.17. The molecule has 3 rings (SSSR count). The van der Waals surface area contributed by atoms with Crippen molar-refractivity contribution in [1.82, 2.24) is 5.32 Å². The van der Waals surface area contributed by atoms with Crippen molar-refractivity contribution in [3.8, 4) is 0 Å². The topological polar surface area (TPSA) is 85.8 Å². The van der Waals surface area contributed by atoms with Crippen LogP contribution in [0.15, 0.2) is 53.6 Å². The van der Waals surface area contributed by atoms with Gasteiger partial charge in [-0.25, -0.2) is 0 Å². The van der Waals surface area contributed by atoms with Gasteiger partial charge in [0.1, 0.15) is 5.84 Å². The van der Waals surface area contributed by atoms with Crippen LogP contribution in [0.3, 0.4) is 0 Å². The molecule has 4 nitrogen and oxygen atoms in total. The fourth-order valence-electron chi connectivity index (χ4n) is 3.73. The van der Waals surface area contributed by atoms with Gasteiger partial charge in [-0.2, -0.15) is 0 Å². The standard InChI is InChI=1S/C22H28N4/c1-15-4-2-3-5-19(15)21(23)14-20(22(24)25)18-8-6-16(7-9-18)17-10-12-26-13-11-17/h3,5-9,14,17,23,26H,2,4,10-13H2,1H3,(H3,24,25)/b20-14-,23-21?. The highest BCUT2D eigenvalue weighted by Gasteiger charge is 2.16. The van der Waals surface area contributed by atoms with Gasteiger partial charge < -0.3 is 16.5 Å². The molecule has 1 aliphatic carbocycles. The zero-order valence-electron chi connectivity index (χ0n) is 15.4. The van der Waals surface area contributed by atoms with Gasteiger partial charge in [-0.05, 0) is 74.4 Å². The van der Waals surface area contributed by atoms with Crippen LogP contribution in [0.25, 0.3) is 5.57 Å². The van der Waals surface area contributed by atoms with E-state index in [2.05, 4.69) is 30.4 Å². The van der Waals surface area contributed by atoms with Crippen molar-refractivity contribution in [2.75, 3.05) is 13.1 Å². The SMILES string of the molecule is CC1=C(C(=N)/C=C(\C(=N)N)c2ccc(C3CCNCC3)cc2)C=CCC1. The van der Waals surface area contributed by atoms with E-state index in [4.69, 9.17) is 16.6 Å². The molecule has 4 heteroatoms. The number of hydrogen-bond acceptors (Lipinski definition) is 3. The largest absolute Gasteiger partial charge is 0.384 e. The summed E-state index contributed by atoms with van der Waals surface area (Å²) in [4.78, 5) is 0. The fraction of sp³-hybridized carbons (Fsp3) is 0.364. The number of rotatable bonds is 5. The third-order valence-corrected chi connectivity index (χ3v) is 5.33. The average molecular weight is 348 g/mol. The van der Waals surface area contributed by atoms with Gasteiger partial charge in [0.2, 0.25) is 0 Å². The molecule has 0 aromatic heterocycles. The Morgan fingerprint density at radius 3 is 2.46 bits per heavy atom. The molecule has 0 saturated carbocycles. The summed E-state index contributed by atoms with van der Waals surface area (Å²) < 4.78 is 0. The zero-order chi connectivity index (χ0) is 18.5. The molecule has 2 aliphatic rings. The van der Waals surface area contributed by atoms with Crippen LogP contribution in [-0.4, -0.2) is 24.6 Å². The second-order valence-corrected chi connectivity index (χ2v) is 7.17. The van der Waals surface area contributed by atoms with Crippen molar-refractivity contribution in [3.05, 3.63) is 64.8 Å². The van der Waals surface area contributed by atoms with Gasteiger partial charge in [-0.1, -0.05) is 42.0 Å². The summed E-state index contributed by atoms with van der Waals surface area (Å²) in [6, 6.07) is 8.37. The highest BCUT2D eigenvalue weighted by atomic mass is 14.9. The first-order valence-electron chi connectivity index (χ1n) is 9.38. The van der Waals surface area contributed by atoms with E-state index in [-0.39, 0.29) is 5.84 Å². The summed E-state index contributed by atoms with van der Waals surface area (Å²) in [7, 11) is 0. The lowest BCUT2D eigenvalue weighted by atomic mass is 9.88. The third-order valence-electron chi connectivity index (χ3n) is 5.33. The summed E-state index contributed by atoms with van der Waals surface area (Å²) in [5, 5.41) is 19.8. The van der Waals surface area contributed by atoms with Crippen LogP contribution < -0.4 is 11.1 Å². The monoisotopic (exact) mass is 348 g/mol. The van der Waals surface area contributed by atoms with Crippen molar-refractivity contribution in [1.29, 1.82) is 10.8 Å². The molecule has 0 bridgehead atoms. The van der Waals surface area contributed by atoms with Crippen LogP contribution in [0.1, 0.15) is 49.7 Å². The van der Waals surface area contributed by atoms with Crippen molar-refractivity contribution >= 4 is 17.1 Å². The molecule has 1 saturated heterocycles. The Balaban J connectivity index is 1.84. The van der Waals surface area contributed by atoms with E-state index in [0.717, 1.165) is 37.1 Å². The van der Waals surface area contributed by atoms with E-state index < -0.39 is 0 Å². The number of allylic oxidation sites excluding steroid dienone is 5. The minimum atomic E-state index is 0.00223. The first kappa shape index (κ1) is 18.3. The Bertz CT molecular complexity index is 775. The number of nitrogens with two attached hydrogens (primary N) is 1. The normalized spacial score (nSPS) is 18.9. The van der Waals surface area contributed by atoms with Crippen LogP contribution >= 0.6 is 0 Å². The van der Waals surface area contributed by atoms with Gasteiger partial charge in [0, 0.05) is 5.57 Å². The van der Waals surface area contributed by atoms with Gasteiger partial charge in [-0.15, -0.1) is 0 Å². The number of piperidine rings is 1. The van der Waals surface area contributed by atoms with Gasteiger partial charge in [0.05, 0.1) is 5.71 Å². The summed E-state index contributed by atoms with van der Waals surface area (Å²) in [5.41, 5.74) is 11.3. The Hall–Kier alpha value is -2.46. The van der Waals surface area contributed by atoms with E-state index in [9.17, 15) is 0 Å². The number of nitrogens with one attached hydrogen (secondary N) is 3. The lowest BCUT2D eigenvalue weighted by molar-refractivity contribution is 0.460. The van der Waals surface area contributed by atoms with E-state index in [1.807, 2.05) is 18.2 Å². The van der Waals surface area contributed by atoms with Crippen molar-refractivity contribution in [2.45, 2.75) is 38.5 Å². The third kappa shape index (κ3) is 4.20. The van der Waals surface area contributed by atoms with Crippen LogP contribution in [0.5, 0.6) is 0 Å². The number of hydrogen-bond donors (Lipinski definition) is 4. The lowest BCUT2D eigenvalue weighted by Crippen LogP contribution is -2.26. The van der Waals surface area contributed by atoms with E-state index >= 15 is 0 Å². The summed E-state index contributed by atoms with van der Waals surface area (Å²) in [6.45, 7) is 4.22. The number of amidine groups is 1. The molecule has 26 heavy (non-hydrogen) atoms. The van der Waals surface area contributed by atoms with Gasteiger partial charge >= 0.3 is 0 Å². The van der Waals surface area contributed by atoms with Crippen molar-refractivity contribution in [2.24, 2.45) is 5.73 Å². The predicted octanol–water partition coefficient (Wildman–Crippen LogP) is 4.16. The molecule has 1 aliphatic heterocycles. The van der Waals surface area contributed by atoms with E-state index in [1.54, 1.807) is 6.08 Å². The minimum absolute atomic E-state index is 0.00223. The highest BCUT2D eigenvalue weighted by molar-refractivity contribution is 6.27. The molecule has 0 amide bonds. The van der Waals surface area contributed by atoms with Crippen LogP contribution in [-0.2, 0) is 0 Å². The predicted molar refractivity (Wildman–Crippen MR) is 110 cm³/mol. The van der Waals surface area contributed by atoms with E-state index in [0.29, 0.717) is 17.2 Å². The molecule has 136 valence electrons. The molecule has 0 atom stereocenters. The Morgan fingerprint density at radius 2 is 1.85 bits per heavy atom. The first-order valence-corrected chi connectivity index (χ1v) is 9.38. The maximum Gasteiger partial charge on any atom is 0.123 e. The molecule has 1 fully saturated rings. The lowest BCUT2D eigenvalue weighted by Gasteiger charge is -2.23. The maximum atomic E-state index is 8.44. The Kier molecular flexibility index (Phi) is 5.84. The molecule has 0 radical (unpaired) electrons. The quantitative estimate of drug-likeness (QED) is 0.476. The average Bonchev–Trinajstić information content (AvgIpc) is 2.67. The van der Waals surface area contributed by atoms with Crippen molar-refractivity contribution < 1.29 is 0 Å². The zero-order valence-corrected chi connectivity index (χ0v) is 15.4. The summed E-state index contributed by atoms with van der Waals surface area (Å²) >= 11 is 0. The molecule has 1 aromatic rings. The Morgan fingerprint density at radius 1 is 1.15 bits per heavy atom. The fourth-order valence-corrected chi connectivity index (χ4v) is 3.73. The van der Waals surface area contributed by atoms with Gasteiger partial charge in [0.25, 0.3) is 0 Å². The van der Waals surface area contributed by atoms with E-state index in [1.165, 1.54) is 24.0 Å². The second kappa shape index (κ2) is 8.28. The van der Waals surface area contributed by atoms with Crippen LogP contribution in [0, 0.1) is 10.8 Å². The van der Waals surface area contributed by atoms with Crippen molar-refractivity contribution in [3.63, 3.8) is 0 Å². The first-order chi connectivity index (χ1) is 12.6. The van der Waals surface area contributed by atoms with Crippen LogP contribution in [0.2, 0.25) is 0 Å². The smallest absolute Gasteiger partial charge is 0.123 e. The molecule has 0 spiro atoms.